The second-order valence-corrected chi connectivity index (χ2v) is 15.9. The third-order valence-electron chi connectivity index (χ3n) is 4.61. The fourth-order valence-corrected chi connectivity index (χ4v) is 9.28. The van der Waals surface area contributed by atoms with Crippen LogP contribution in [0.25, 0.3) is 0 Å². The van der Waals surface area contributed by atoms with Crippen LogP contribution in [0.5, 0.6) is 0 Å². The topological polar surface area (TPSA) is 66.8 Å². The predicted octanol–water partition coefficient (Wildman–Crippen LogP) is 4.34. The zero-order valence-corrected chi connectivity index (χ0v) is 24.9. The maximum Gasteiger partial charge on any atom is 0.384 e. The minimum absolute atomic E-state index is 0. The van der Waals surface area contributed by atoms with Gasteiger partial charge in [-0.3, -0.25) is 0 Å². The van der Waals surface area contributed by atoms with Crippen LogP contribution in [0.4, 0.5) is 0 Å². The molecule has 2 N–H and O–H groups in total. The molecule has 0 aliphatic carbocycles. The number of rotatable bonds is 8. The third kappa shape index (κ3) is 6.44. The first-order chi connectivity index (χ1) is 13.1. The van der Waals surface area contributed by atoms with Crippen LogP contribution in [0.1, 0.15) is 27.7 Å². The Balaban J connectivity index is 0.00000420. The number of benzene rings is 2. The Morgan fingerprint density at radius 1 is 1.00 bits per heavy atom. The summed E-state index contributed by atoms with van der Waals surface area (Å²) in [5.74, 6) is 0.264. The van der Waals surface area contributed by atoms with Gasteiger partial charge in [0, 0.05) is 5.75 Å². The molecule has 0 bridgehead atoms. The van der Waals surface area contributed by atoms with Crippen LogP contribution in [0.3, 0.4) is 0 Å². The molecule has 0 radical (unpaired) electrons. The molecular weight excluding hydrogens is 921 g/mol. The predicted molar refractivity (Wildman–Crippen MR) is 122 cm³/mol. The van der Waals surface area contributed by atoms with Gasteiger partial charge in [0.1, 0.15) is 0 Å². The fourth-order valence-electron chi connectivity index (χ4n) is 3.32. The Hall–Kier alpha value is -3.14. The molecule has 0 atom stereocenters. The zero-order chi connectivity index (χ0) is 20.8. The summed E-state index contributed by atoms with van der Waals surface area (Å²) in [6.07, 6.45) is 1.83. The maximum absolute atomic E-state index is 11.0. The van der Waals surface area contributed by atoms with Crippen molar-refractivity contribution in [2.24, 2.45) is 0 Å². The summed E-state index contributed by atoms with van der Waals surface area (Å²) in [5, 5.41) is 2.33. The third-order valence-corrected chi connectivity index (χ3v) is 11.7. The van der Waals surface area contributed by atoms with Gasteiger partial charge in [-0.15, -0.1) is 0 Å². The van der Waals surface area contributed by atoms with Crippen LogP contribution in [-0.4, -0.2) is 30.5 Å². The summed E-state index contributed by atoms with van der Waals surface area (Å²) >= 11 is 0.640. The van der Waals surface area contributed by atoms with Gasteiger partial charge in [-0.25, -0.2) is 4.57 Å². The van der Waals surface area contributed by atoms with E-state index in [0.29, 0.717) is 18.0 Å². The summed E-state index contributed by atoms with van der Waals surface area (Å²) in [6.45, 7) is 4.98. The normalized spacial score (nSPS) is 12.7. The van der Waals surface area contributed by atoms with Gasteiger partial charge in [0.2, 0.25) is 0 Å². The van der Waals surface area contributed by atoms with Gasteiger partial charge in [0.15, 0.2) is 0 Å². The average molecular weight is 951 g/mol. The van der Waals surface area contributed by atoms with Crippen molar-refractivity contribution in [1.29, 1.82) is 0 Å². The zero-order valence-electron chi connectivity index (χ0n) is 17.4. The van der Waals surface area contributed by atoms with Crippen molar-refractivity contribution in [1.82, 2.24) is 0 Å². The average Bonchev–Trinajstić information content (AvgIpc) is 2.62. The van der Waals surface area contributed by atoms with Crippen molar-refractivity contribution in [3.63, 3.8) is 0 Å². The Bertz CT molecular complexity index is 800. The number of hydrogen-bond acceptors (Lipinski definition) is 3. The van der Waals surface area contributed by atoms with Crippen molar-refractivity contribution in [3.05, 3.63) is 72.3 Å². The summed E-state index contributed by atoms with van der Waals surface area (Å²) in [5.41, 5.74) is 0.967. The minimum atomic E-state index is -4.06. The van der Waals surface area contributed by atoms with Gasteiger partial charge in [-0.2, -0.15) is 0 Å². The van der Waals surface area contributed by atoms with Crippen molar-refractivity contribution in [3.8, 4) is 0 Å². The quantitative estimate of drug-likeness (QED) is 0.235. The first-order valence-electron chi connectivity index (χ1n) is 9.17. The Morgan fingerprint density at radius 3 is 1.80 bits per heavy atom. The second-order valence-electron chi connectivity index (χ2n) is 7.79. The summed E-state index contributed by atoms with van der Waals surface area (Å²) < 4.78 is 17.8. The van der Waals surface area contributed by atoms with Crippen LogP contribution in [-0.2, 0) is 8.99 Å². The van der Waals surface area contributed by atoms with E-state index in [1.165, 1.54) is 10.4 Å². The van der Waals surface area contributed by atoms with E-state index in [1.54, 1.807) is 0 Å². The van der Waals surface area contributed by atoms with E-state index in [9.17, 15) is 4.57 Å². The molecule has 0 fully saturated rings. The molecule has 0 saturated carbocycles. The van der Waals surface area contributed by atoms with E-state index < -0.39 is 15.1 Å². The molecule has 2 aromatic carbocycles. The van der Waals surface area contributed by atoms with Gasteiger partial charge in [-0.1, -0.05) is 93.1 Å². The summed E-state index contributed by atoms with van der Waals surface area (Å²) in [4.78, 5) is 18.0. The minimum Gasteiger partial charge on any atom is -0.403 e. The molecule has 0 heterocycles. The van der Waals surface area contributed by atoms with Crippen LogP contribution in [0.15, 0.2) is 72.3 Å². The monoisotopic (exact) mass is 950 g/mol. The largest absolute Gasteiger partial charge is 0.403 e. The van der Waals surface area contributed by atoms with Crippen LogP contribution >= 0.6 is 18.2 Å². The van der Waals surface area contributed by atoms with E-state index in [4.69, 9.17) is 14.2 Å². The van der Waals surface area contributed by atoms with Gasteiger partial charge in [-0.05, 0) is 33.7 Å². The van der Waals surface area contributed by atoms with E-state index in [1.807, 2.05) is 25.1 Å². The van der Waals surface area contributed by atoms with Gasteiger partial charge >= 0.3 is 6.80 Å². The van der Waals surface area contributed by atoms with Gasteiger partial charge < -0.3 is 14.2 Å². The summed E-state index contributed by atoms with van der Waals surface area (Å²) in [6, 6.07) is 20.8. The van der Waals surface area contributed by atoms with Crippen LogP contribution in [0, 0.1) is 0 Å². The summed E-state index contributed by atoms with van der Waals surface area (Å²) in [7, 11) is -2.59. The fraction of sp³-hybridized carbons (Fsp3) is 0.333. The maximum atomic E-state index is 11.0. The van der Waals surface area contributed by atoms with Crippen LogP contribution < -0.4 is 10.4 Å². The standard InChI is InChI=1S/C21H29O4PSSi.2Fm/c1-18(15-16-27-26(22,23)24)17-25-28(21(2,3)4,19-11-7-5-8-12-19)20-13-9-6-10-14-20;;/h5-15H,16-17H2,1-4H3,(H2,22,23,24);;/b18-15+;;. The SMILES string of the molecule is C/C(=C\CSP(=O)(O)O)CO[Si](c1ccccc1)(c1ccccc1)C(C)(C)C.[Fm].[Fm]. The molecule has 30 heavy (non-hydrogen) atoms. The Labute approximate surface area is 173 Å². The number of hydrogen-bond donors (Lipinski definition) is 2. The van der Waals surface area contributed by atoms with Crippen molar-refractivity contribution in [2.45, 2.75) is 32.7 Å². The first-order valence-corrected chi connectivity index (χ1v) is 14.3. The molecule has 9 heteroatoms. The molecule has 0 unspecified atom stereocenters. The molecule has 0 saturated heterocycles. The second kappa shape index (κ2) is 10.6. The van der Waals surface area contributed by atoms with Crippen molar-refractivity contribution in [2.75, 3.05) is 12.4 Å². The van der Waals surface area contributed by atoms with E-state index in [2.05, 4.69) is 69.3 Å². The Kier molecular flexibility index (Phi) is 9.47. The molecule has 0 spiro atoms. The smallest absolute Gasteiger partial charge is 0.384 e. The molecular formula is C21H29Fm2O4PSSi. The van der Waals surface area contributed by atoms with E-state index in [0.717, 1.165) is 5.57 Å². The van der Waals surface area contributed by atoms with Crippen molar-refractivity contribution >= 4 is 36.9 Å². The molecule has 2 rings (SSSR count). The molecule has 176 valence electrons. The molecule has 0 aliphatic rings. The molecule has 2 aromatic rings. The van der Waals surface area contributed by atoms with Crippen molar-refractivity contribution < 1.29 is 18.8 Å². The molecule has 0 amide bonds. The molecule has 0 aliphatic heterocycles. The first kappa shape index (κ1) is 26.9. The van der Waals surface area contributed by atoms with Gasteiger partial charge in [0.05, 0.1) is 6.61 Å². The molecule has 0 aromatic heterocycles. The van der Waals surface area contributed by atoms with Gasteiger partial charge in [0.25, 0.3) is 8.32 Å². The van der Waals surface area contributed by atoms with Crippen LogP contribution in [0.2, 0.25) is 5.04 Å². The van der Waals surface area contributed by atoms with E-state index >= 15 is 0 Å². The molecule has 4 nitrogen and oxygen atoms in total. The Morgan fingerprint density at radius 2 is 1.43 bits per heavy atom. The van der Waals surface area contributed by atoms with E-state index in [-0.39, 0.29) is 10.8 Å².